The molecule has 5 aliphatic heterocycles. The van der Waals surface area contributed by atoms with Crippen LogP contribution in [0.4, 0.5) is 0 Å². The number of nitrogens with zero attached hydrogens (tertiary/aromatic N) is 5. The number of carbonyl (C=O) groups excluding carboxylic acids is 6. The third-order valence-electron chi connectivity index (χ3n) is 26.8. The average molecular weight is 1720 g/mol. The van der Waals surface area contributed by atoms with Gasteiger partial charge in [-0.3, -0.25) is 33.7 Å². The third-order valence-corrected chi connectivity index (χ3v) is 26.8. The van der Waals surface area contributed by atoms with E-state index in [1.54, 1.807) is 12.1 Å². The molecular weight excluding hydrogens is 1620 g/mol. The van der Waals surface area contributed by atoms with Crippen LogP contribution in [0.5, 0.6) is 23.0 Å². The molecule has 646 valence electrons. The van der Waals surface area contributed by atoms with Crippen LogP contribution < -0.4 is 9.47 Å². The van der Waals surface area contributed by atoms with Crippen LogP contribution in [0.2, 0.25) is 0 Å². The van der Waals surface area contributed by atoms with E-state index in [9.17, 15) is 9.59 Å². The van der Waals surface area contributed by atoms with Gasteiger partial charge in [0.25, 0.3) is 35.4 Å². The molecular formula is C116H99N7O8. The molecule has 0 atom stereocenters. The fraction of sp³-hybridized carbons (Fsp3) is 0.207. The van der Waals surface area contributed by atoms with Crippen molar-refractivity contribution in [2.75, 3.05) is 6.54 Å². The number of hydrogen-bond donors (Lipinski definition) is 2. The summed E-state index contributed by atoms with van der Waals surface area (Å²) in [6.45, 7) is 28.3. The van der Waals surface area contributed by atoms with Crippen LogP contribution in [0.3, 0.4) is 0 Å². The molecule has 0 unspecified atom stereocenters. The highest BCUT2D eigenvalue weighted by Crippen LogP contribution is 2.55. The van der Waals surface area contributed by atoms with Crippen LogP contribution in [-0.2, 0) is 21.7 Å². The van der Waals surface area contributed by atoms with Gasteiger partial charge in [0, 0.05) is 94.3 Å². The Labute approximate surface area is 760 Å². The molecule has 16 aromatic rings. The van der Waals surface area contributed by atoms with Crippen LogP contribution in [-0.4, -0.2) is 76.8 Å². The van der Waals surface area contributed by atoms with Crippen molar-refractivity contribution in [3.8, 4) is 78.6 Å². The largest absolute Gasteiger partial charge is 0.457 e. The Balaban J connectivity index is 0.772. The zero-order valence-electron chi connectivity index (χ0n) is 75.9. The van der Waals surface area contributed by atoms with E-state index in [0.717, 1.165) is 176 Å². The number of unbranched alkanes of at least 4 members (excludes halogenated alkanes) is 5. The normalized spacial score (nSPS) is 14.0. The van der Waals surface area contributed by atoms with Crippen LogP contribution in [0, 0.1) is 0 Å². The van der Waals surface area contributed by atoms with E-state index in [2.05, 4.69) is 282 Å². The first-order valence-corrected chi connectivity index (χ1v) is 45.5. The van der Waals surface area contributed by atoms with E-state index in [4.69, 9.17) is 19.4 Å². The summed E-state index contributed by atoms with van der Waals surface area (Å²) < 4.78 is 15.2. The van der Waals surface area contributed by atoms with Gasteiger partial charge in [0.05, 0.1) is 45.0 Å². The van der Waals surface area contributed by atoms with Gasteiger partial charge in [-0.25, -0.2) is 9.97 Å². The molecule has 21 rings (SSSR count). The summed E-state index contributed by atoms with van der Waals surface area (Å²) in [4.78, 5) is 115. The number of fused-ring (bicyclic) bond motifs is 10. The first-order valence-electron chi connectivity index (χ1n) is 45.5. The molecule has 2 N–H and O–H groups in total. The SMILES string of the molecule is CCCCCCCCN1C(=O)c2ccc3c4c(ccc(c24)C1=O)C(=O)N(N1C(=O)c2cc(Oc4cc(C(C)(C)C)cc(C(C)(C)C)c4)c4c5cccc6c(-c7ccc(-c8c9nc(c(-c%10ccccc%10)c%10ccc([nH]%10)c(-c%10ccccc%10)c%10nc(c(-c%11ccccc%11)c%11ccc8[nH]%11)C=C%10)C=C9)cc7)ccc(c7c(Oc8cc(C(C)(C)C)cc(C(C)(C)C)c8)cc(c2c47)C1=O)c65)C3=O. The molecule has 15 heteroatoms. The fourth-order valence-electron chi connectivity index (χ4n) is 19.9. The molecule has 0 saturated heterocycles. The number of aromatic amines is 2. The summed E-state index contributed by atoms with van der Waals surface area (Å²) in [5, 5.41) is 6.75. The van der Waals surface area contributed by atoms with Crippen molar-refractivity contribution in [2.24, 2.45) is 0 Å². The number of hydrazine groups is 1. The van der Waals surface area contributed by atoms with Gasteiger partial charge in [0.2, 0.25) is 0 Å². The molecule has 5 aliphatic rings. The van der Waals surface area contributed by atoms with Crippen molar-refractivity contribution in [2.45, 2.75) is 150 Å². The summed E-state index contributed by atoms with van der Waals surface area (Å²) in [5.74, 6) is -3.44. The summed E-state index contributed by atoms with van der Waals surface area (Å²) in [7, 11) is 0. The van der Waals surface area contributed by atoms with Crippen LogP contribution in [0.1, 0.15) is 236 Å². The second kappa shape index (κ2) is 31.2. The Bertz CT molecular complexity index is 7540. The minimum atomic E-state index is -0.994. The minimum Gasteiger partial charge on any atom is -0.457 e. The van der Waals surface area contributed by atoms with Crippen LogP contribution in [0.25, 0.3) is 156 Å². The quantitative estimate of drug-likeness (QED) is 0.0384. The van der Waals surface area contributed by atoms with Gasteiger partial charge in [-0.05, 0) is 214 Å². The van der Waals surface area contributed by atoms with E-state index in [1.807, 2.05) is 48.5 Å². The van der Waals surface area contributed by atoms with Crippen molar-refractivity contribution < 1.29 is 38.2 Å². The predicted octanol–water partition coefficient (Wildman–Crippen LogP) is 28.7. The maximum Gasteiger partial charge on any atom is 0.281 e. The van der Waals surface area contributed by atoms with Crippen LogP contribution >= 0.6 is 0 Å². The number of carbonyl (C=O) groups is 6. The second-order valence-electron chi connectivity index (χ2n) is 39.6. The van der Waals surface area contributed by atoms with Crippen LogP contribution in [0.15, 0.2) is 243 Å². The number of imide groups is 3. The molecule has 6 amide bonds. The Kier molecular flexibility index (Phi) is 19.8. The molecule has 0 aliphatic carbocycles. The Morgan fingerprint density at radius 1 is 0.282 bits per heavy atom. The maximum atomic E-state index is 16.7. The first-order chi connectivity index (χ1) is 62.9. The number of ether oxygens (including phenoxy) is 2. The summed E-state index contributed by atoms with van der Waals surface area (Å²) in [5.41, 5.74) is 19.0. The van der Waals surface area contributed by atoms with Crippen molar-refractivity contribution in [1.82, 2.24) is 34.9 Å². The third kappa shape index (κ3) is 14.0. The average Bonchev–Trinajstić information content (AvgIpc) is 1.38. The number of aromatic nitrogens is 4. The van der Waals surface area contributed by atoms with E-state index in [0.29, 0.717) is 44.1 Å². The van der Waals surface area contributed by atoms with E-state index in [1.165, 1.54) is 29.2 Å². The monoisotopic (exact) mass is 1720 g/mol. The number of hydrogen-bond acceptors (Lipinski definition) is 10. The standard InChI is InChI=1S/C116H99N7O8/c1-14-15-16-17-18-28-56-121-107(124)80-44-46-82-102-83(47-45-81(101(80)102)108(121)125)110(127)122(109(82)126)123-111(128)84-63-94(130-74-59-70(113(2,3)4)57-71(60-74)114(5,6)7)104-78-37-29-36-77-76(42-43-79(100(77)78)105-95(64-85(112(123)129)103(84)106(104)105)131-75-61-72(115(8,9)10)58-73(62-75)116(11,12)13)65-38-40-69(41-39-65)99-92-54-52-90(119-92)97(67-32-24-20-25-33-67)88-50-48-86(117-88)96(66-30-22-19-23-31-66)87-49-51-89(118-87)98(68-34-26-21-27-35-68)91-53-55-93(99)120-91/h19-27,29-55,57-64,117,120H,14-18,28,56H2,1-13H3. The predicted molar refractivity (Wildman–Crippen MR) is 529 cm³/mol. The van der Waals surface area contributed by atoms with E-state index >= 15 is 19.2 Å². The molecule has 13 aromatic carbocycles. The Hall–Kier alpha value is -15.0. The smallest absolute Gasteiger partial charge is 0.281 e. The topological polar surface area (TPSA) is 188 Å². The number of H-pyrrole nitrogens is 2. The fourth-order valence-corrected chi connectivity index (χ4v) is 19.9. The van der Waals surface area contributed by atoms with Gasteiger partial charge >= 0.3 is 0 Å². The summed E-state index contributed by atoms with van der Waals surface area (Å²) >= 11 is 0. The van der Waals surface area contributed by atoms with Gasteiger partial charge in [0.15, 0.2) is 0 Å². The van der Waals surface area contributed by atoms with Crippen molar-refractivity contribution in [1.29, 1.82) is 0 Å². The molecule has 8 bridgehead atoms. The minimum absolute atomic E-state index is 0.0165. The molecule has 0 fully saturated rings. The highest BCUT2D eigenvalue weighted by atomic mass is 16.5. The van der Waals surface area contributed by atoms with Gasteiger partial charge in [-0.15, -0.1) is 0 Å². The highest BCUT2D eigenvalue weighted by Gasteiger charge is 2.49. The second-order valence-corrected chi connectivity index (χ2v) is 39.6. The lowest BCUT2D eigenvalue weighted by Gasteiger charge is -2.38. The first kappa shape index (κ1) is 83.0. The van der Waals surface area contributed by atoms with Gasteiger partial charge in [-0.1, -0.05) is 280 Å². The van der Waals surface area contributed by atoms with Crippen molar-refractivity contribution in [3.05, 3.63) is 321 Å². The molecule has 3 aromatic heterocycles. The lowest BCUT2D eigenvalue weighted by Crippen LogP contribution is -2.58. The number of rotatable bonds is 17. The lowest BCUT2D eigenvalue weighted by molar-refractivity contribution is 0.00210. The zero-order chi connectivity index (χ0) is 90.7. The zero-order valence-corrected chi connectivity index (χ0v) is 75.9. The summed E-state index contributed by atoms with van der Waals surface area (Å²) in [6, 6.07) is 80.9. The molecule has 8 heterocycles. The van der Waals surface area contributed by atoms with Gasteiger partial charge in [0.1, 0.15) is 23.0 Å². The van der Waals surface area contributed by atoms with E-state index < -0.39 is 35.4 Å². The van der Waals surface area contributed by atoms with Gasteiger partial charge < -0.3 is 19.4 Å². The molecule has 15 nitrogen and oxygen atoms in total. The lowest BCUT2D eigenvalue weighted by atomic mass is 9.80. The number of nitrogens with one attached hydrogen (secondary N) is 2. The number of amides is 6. The molecule has 0 radical (unpaired) electrons. The molecule has 0 spiro atoms. The molecule has 131 heavy (non-hydrogen) atoms. The Morgan fingerprint density at radius 2 is 0.611 bits per heavy atom. The highest BCUT2D eigenvalue weighted by molar-refractivity contribution is 6.42. The van der Waals surface area contributed by atoms with Gasteiger partial charge in [-0.2, -0.15) is 10.0 Å². The number of benzene rings is 13. The Morgan fingerprint density at radius 3 is 1.00 bits per heavy atom. The van der Waals surface area contributed by atoms with Crippen molar-refractivity contribution in [3.63, 3.8) is 0 Å². The molecule has 0 saturated carbocycles. The summed E-state index contributed by atoms with van der Waals surface area (Å²) in [6.07, 6.45) is 14.2. The van der Waals surface area contributed by atoms with E-state index in [-0.39, 0.29) is 89.2 Å². The van der Waals surface area contributed by atoms with Crippen molar-refractivity contribution >= 4 is 136 Å². The maximum absolute atomic E-state index is 16.7.